The van der Waals surface area contributed by atoms with Gasteiger partial charge in [0.1, 0.15) is 11.5 Å². The highest BCUT2D eigenvalue weighted by atomic mass is 32.1. The number of pyridine rings is 1. The van der Waals surface area contributed by atoms with E-state index in [2.05, 4.69) is 12.2 Å². The van der Waals surface area contributed by atoms with E-state index in [1.54, 1.807) is 12.1 Å². The number of ether oxygens (including phenoxy) is 1. The maximum atomic E-state index is 12.6. The molecule has 2 heterocycles. The van der Waals surface area contributed by atoms with E-state index in [1.807, 2.05) is 6.92 Å². The molecule has 0 spiro atoms. The number of thiophene rings is 1. The van der Waals surface area contributed by atoms with Gasteiger partial charge in [-0.3, -0.25) is 14.4 Å². The molecule has 2 amide bonds. The van der Waals surface area contributed by atoms with Gasteiger partial charge >= 0.3 is 0 Å². The van der Waals surface area contributed by atoms with Crippen LogP contribution in [0.2, 0.25) is 0 Å². The number of amides is 2. The number of carbonyl (C=O) groups excluding carboxylic acids is 2. The average molecular weight is 404 g/mol. The predicted molar refractivity (Wildman–Crippen MR) is 109 cm³/mol. The summed E-state index contributed by atoms with van der Waals surface area (Å²) in [6.07, 6.45) is 4.99. The van der Waals surface area contributed by atoms with E-state index in [-0.39, 0.29) is 23.8 Å². The molecule has 28 heavy (non-hydrogen) atoms. The summed E-state index contributed by atoms with van der Waals surface area (Å²) in [4.78, 5) is 38.1. The molecule has 0 saturated heterocycles. The number of rotatable bonds is 7. The van der Waals surface area contributed by atoms with Crippen molar-refractivity contribution in [3.05, 3.63) is 44.7 Å². The van der Waals surface area contributed by atoms with E-state index in [4.69, 9.17) is 10.5 Å². The summed E-state index contributed by atoms with van der Waals surface area (Å²) in [5.74, 6) is -0.159. The van der Waals surface area contributed by atoms with E-state index in [9.17, 15) is 14.4 Å². The Hall–Kier alpha value is -2.61. The Morgan fingerprint density at radius 3 is 2.93 bits per heavy atom. The van der Waals surface area contributed by atoms with Gasteiger partial charge < -0.3 is 20.4 Å². The van der Waals surface area contributed by atoms with E-state index in [0.717, 1.165) is 36.1 Å². The van der Waals surface area contributed by atoms with Gasteiger partial charge in [-0.1, -0.05) is 13.8 Å². The summed E-state index contributed by atoms with van der Waals surface area (Å²) >= 11 is 1.41. The summed E-state index contributed by atoms with van der Waals surface area (Å²) in [7, 11) is 0. The Balaban J connectivity index is 1.79. The van der Waals surface area contributed by atoms with Crippen LogP contribution >= 0.6 is 11.3 Å². The van der Waals surface area contributed by atoms with Crippen LogP contribution in [0.25, 0.3) is 0 Å². The van der Waals surface area contributed by atoms with E-state index < -0.39 is 5.91 Å². The van der Waals surface area contributed by atoms with E-state index in [0.29, 0.717) is 23.1 Å². The number of nitrogens with zero attached hydrogens (tertiary/aromatic N) is 1. The first-order valence-electron chi connectivity index (χ1n) is 9.47. The van der Waals surface area contributed by atoms with E-state index >= 15 is 0 Å². The number of aromatic nitrogens is 1. The first-order valence-corrected chi connectivity index (χ1v) is 10.3. The fourth-order valence-electron chi connectivity index (χ4n) is 3.38. The zero-order valence-corrected chi connectivity index (χ0v) is 16.9. The Kier molecular flexibility index (Phi) is 6.18. The minimum Gasteiger partial charge on any atom is -0.488 e. The topological polar surface area (TPSA) is 103 Å². The fraction of sp³-hybridized carbons (Fsp3) is 0.450. The van der Waals surface area contributed by atoms with Crippen molar-refractivity contribution in [2.45, 2.75) is 46.1 Å². The molecule has 1 aliphatic carbocycles. The number of carbonyl (C=O) groups is 2. The third kappa shape index (κ3) is 4.27. The fourth-order valence-corrected chi connectivity index (χ4v) is 4.81. The van der Waals surface area contributed by atoms with Crippen molar-refractivity contribution in [3.8, 4) is 5.75 Å². The third-order valence-corrected chi connectivity index (χ3v) is 5.94. The van der Waals surface area contributed by atoms with Crippen LogP contribution in [-0.2, 0) is 24.2 Å². The zero-order valence-electron chi connectivity index (χ0n) is 16.1. The number of primary amides is 1. The summed E-state index contributed by atoms with van der Waals surface area (Å²) in [6.45, 7) is 4.39. The van der Waals surface area contributed by atoms with Gasteiger partial charge in [0, 0.05) is 11.1 Å². The third-order valence-electron chi connectivity index (χ3n) is 4.77. The highest BCUT2D eigenvalue weighted by Gasteiger charge is 2.27. The van der Waals surface area contributed by atoms with Gasteiger partial charge in [0.2, 0.25) is 5.91 Å². The molecule has 3 N–H and O–H groups in total. The smallest absolute Gasteiger partial charge is 0.293 e. The van der Waals surface area contributed by atoms with Crippen molar-refractivity contribution in [2.24, 2.45) is 11.7 Å². The molecule has 1 unspecified atom stereocenters. The van der Waals surface area contributed by atoms with Gasteiger partial charge in [0.05, 0.1) is 12.2 Å². The van der Waals surface area contributed by atoms with Crippen molar-refractivity contribution in [3.63, 3.8) is 0 Å². The molecule has 8 heteroatoms. The van der Waals surface area contributed by atoms with Crippen molar-refractivity contribution in [1.29, 1.82) is 0 Å². The Bertz CT molecular complexity index is 947. The summed E-state index contributed by atoms with van der Waals surface area (Å²) in [5, 5.41) is 3.26. The van der Waals surface area contributed by atoms with Crippen molar-refractivity contribution in [2.75, 3.05) is 11.9 Å². The molecular formula is C20H25N3O4S. The lowest BCUT2D eigenvalue weighted by Gasteiger charge is -2.18. The van der Waals surface area contributed by atoms with Crippen molar-refractivity contribution in [1.82, 2.24) is 4.57 Å². The molecular weight excluding hydrogens is 378 g/mol. The Morgan fingerprint density at radius 1 is 1.43 bits per heavy atom. The lowest BCUT2D eigenvalue weighted by Crippen LogP contribution is -2.28. The molecule has 2 aromatic rings. The molecule has 0 radical (unpaired) electrons. The van der Waals surface area contributed by atoms with Crippen molar-refractivity contribution >= 4 is 28.2 Å². The first-order chi connectivity index (χ1) is 13.4. The number of nitrogens with one attached hydrogen (secondary N) is 1. The van der Waals surface area contributed by atoms with Crippen LogP contribution < -0.4 is 21.3 Å². The molecule has 0 aromatic carbocycles. The number of anilines is 1. The van der Waals surface area contributed by atoms with Crippen LogP contribution in [0.3, 0.4) is 0 Å². The number of nitrogens with two attached hydrogens (primary N) is 1. The van der Waals surface area contributed by atoms with Crippen LogP contribution in [0, 0.1) is 5.92 Å². The van der Waals surface area contributed by atoms with Crippen LogP contribution in [0.5, 0.6) is 5.75 Å². The SMILES string of the molecule is CCCOc1cccn(CC(=O)Nc2sc3c(c2C(N)=O)CCC(C)C3)c1=O. The van der Waals surface area contributed by atoms with Crippen LogP contribution in [0.1, 0.15) is 47.5 Å². The average Bonchev–Trinajstić information content (AvgIpc) is 2.99. The summed E-state index contributed by atoms with van der Waals surface area (Å²) in [6, 6.07) is 3.26. The number of hydrogen-bond donors (Lipinski definition) is 2. The van der Waals surface area contributed by atoms with Gasteiger partial charge in [0.15, 0.2) is 5.75 Å². The molecule has 1 atom stereocenters. The Morgan fingerprint density at radius 2 is 2.21 bits per heavy atom. The first kappa shape index (κ1) is 20.1. The van der Waals surface area contributed by atoms with Gasteiger partial charge in [-0.15, -0.1) is 11.3 Å². The van der Waals surface area contributed by atoms with Gasteiger partial charge in [0.25, 0.3) is 11.5 Å². The van der Waals surface area contributed by atoms with Crippen LogP contribution in [0.15, 0.2) is 23.1 Å². The second-order valence-corrected chi connectivity index (χ2v) is 8.23. The molecule has 1 aliphatic rings. The quantitative estimate of drug-likeness (QED) is 0.741. The molecule has 2 aromatic heterocycles. The Labute approximate surface area is 167 Å². The maximum absolute atomic E-state index is 12.6. The number of hydrogen-bond acceptors (Lipinski definition) is 5. The molecule has 7 nitrogen and oxygen atoms in total. The van der Waals surface area contributed by atoms with E-state index in [1.165, 1.54) is 22.1 Å². The molecule has 150 valence electrons. The summed E-state index contributed by atoms with van der Waals surface area (Å²) in [5.41, 5.74) is 6.59. The largest absolute Gasteiger partial charge is 0.488 e. The standard InChI is InChI=1S/C20H25N3O4S/c1-3-9-27-14-5-4-8-23(20(14)26)11-16(24)22-19-17(18(21)25)13-7-6-12(2)10-15(13)28-19/h4-5,8,12H,3,6-7,9-11H2,1-2H3,(H2,21,25)(H,22,24). The van der Waals surface area contributed by atoms with Crippen LogP contribution in [-0.4, -0.2) is 23.0 Å². The monoisotopic (exact) mass is 403 g/mol. The maximum Gasteiger partial charge on any atom is 0.293 e. The predicted octanol–water partition coefficient (Wildman–Crippen LogP) is 2.56. The lowest BCUT2D eigenvalue weighted by molar-refractivity contribution is -0.116. The van der Waals surface area contributed by atoms with Crippen molar-refractivity contribution < 1.29 is 14.3 Å². The van der Waals surface area contributed by atoms with Gasteiger partial charge in [-0.2, -0.15) is 0 Å². The molecule has 3 rings (SSSR count). The molecule has 0 aliphatic heterocycles. The van der Waals surface area contributed by atoms with Gasteiger partial charge in [-0.05, 0) is 49.3 Å². The molecule has 0 bridgehead atoms. The van der Waals surface area contributed by atoms with Gasteiger partial charge in [-0.25, -0.2) is 0 Å². The minimum atomic E-state index is -0.533. The second kappa shape index (κ2) is 8.60. The van der Waals surface area contributed by atoms with Crippen LogP contribution in [0.4, 0.5) is 5.00 Å². The second-order valence-electron chi connectivity index (χ2n) is 7.12. The molecule has 0 saturated carbocycles. The zero-order chi connectivity index (χ0) is 20.3. The normalized spacial score (nSPS) is 15.7. The molecule has 0 fully saturated rings. The minimum absolute atomic E-state index is 0.167. The summed E-state index contributed by atoms with van der Waals surface area (Å²) < 4.78 is 6.71. The number of fused-ring (bicyclic) bond motifs is 1. The lowest BCUT2D eigenvalue weighted by atomic mass is 9.88. The highest BCUT2D eigenvalue weighted by Crippen LogP contribution is 2.39. The highest BCUT2D eigenvalue weighted by molar-refractivity contribution is 7.17.